The van der Waals surface area contributed by atoms with Gasteiger partial charge in [-0.15, -0.1) is 0 Å². The van der Waals surface area contributed by atoms with Crippen LogP contribution in [0.5, 0.6) is 0 Å². The van der Waals surface area contributed by atoms with Crippen LogP contribution in [0, 0.1) is 31.6 Å². The van der Waals surface area contributed by atoms with Gasteiger partial charge in [0.25, 0.3) is 0 Å². The molecular weight excluding hydrogens is 248 g/mol. The lowest BCUT2D eigenvalue weighted by Gasteiger charge is -2.21. The molecule has 3 unspecified atom stereocenters. The third kappa shape index (κ3) is 2.54. The maximum absolute atomic E-state index is 12.3. The van der Waals surface area contributed by atoms with Crippen molar-refractivity contribution in [1.29, 1.82) is 0 Å². The Morgan fingerprint density at radius 2 is 1.95 bits per heavy atom. The van der Waals surface area contributed by atoms with Crippen molar-refractivity contribution in [3.05, 3.63) is 23.3 Å². The number of carbonyl (C=O) groups is 1. The van der Waals surface area contributed by atoms with Crippen LogP contribution in [0.3, 0.4) is 0 Å². The van der Waals surface area contributed by atoms with Gasteiger partial charge in [-0.05, 0) is 74.1 Å². The molecule has 2 bridgehead atoms. The number of nitrogens with two attached hydrogens (primary N) is 1. The van der Waals surface area contributed by atoms with Crippen LogP contribution in [0.15, 0.2) is 12.1 Å². The van der Waals surface area contributed by atoms with Gasteiger partial charge in [0.15, 0.2) is 0 Å². The normalized spacial score (nSPS) is 27.8. The third-order valence-electron chi connectivity index (χ3n) is 5.15. The molecule has 0 aromatic heterocycles. The molecule has 2 aliphatic rings. The van der Waals surface area contributed by atoms with Crippen LogP contribution in [0.4, 0.5) is 11.4 Å². The fraction of sp³-hybridized carbons (Fsp3) is 0.588. The second-order valence-corrected chi connectivity index (χ2v) is 6.72. The molecule has 0 aliphatic heterocycles. The van der Waals surface area contributed by atoms with Crippen molar-refractivity contribution in [2.24, 2.45) is 17.8 Å². The Bertz CT molecular complexity index is 515. The van der Waals surface area contributed by atoms with Crippen molar-refractivity contribution in [3.63, 3.8) is 0 Å². The molecular formula is C17H24N2O. The molecule has 0 saturated heterocycles. The topological polar surface area (TPSA) is 55.1 Å². The number of hydrogen-bond acceptors (Lipinski definition) is 2. The average molecular weight is 272 g/mol. The second kappa shape index (κ2) is 5.12. The molecule has 0 spiro atoms. The lowest BCUT2D eigenvalue weighted by atomic mass is 9.86. The number of nitrogen functional groups attached to an aromatic ring is 1. The van der Waals surface area contributed by atoms with Gasteiger partial charge in [-0.3, -0.25) is 4.79 Å². The molecule has 0 heterocycles. The van der Waals surface area contributed by atoms with Crippen molar-refractivity contribution in [2.75, 3.05) is 11.1 Å². The monoisotopic (exact) mass is 272 g/mol. The molecule has 0 radical (unpaired) electrons. The lowest BCUT2D eigenvalue weighted by molar-refractivity contribution is -0.117. The highest BCUT2D eigenvalue weighted by molar-refractivity contribution is 5.92. The Balaban J connectivity index is 1.65. The summed E-state index contributed by atoms with van der Waals surface area (Å²) in [5.41, 5.74) is 9.60. The zero-order valence-electron chi connectivity index (χ0n) is 12.4. The van der Waals surface area contributed by atoms with Gasteiger partial charge in [0.2, 0.25) is 5.91 Å². The van der Waals surface area contributed by atoms with E-state index < -0.39 is 0 Å². The number of fused-ring (bicyclic) bond motifs is 2. The molecule has 20 heavy (non-hydrogen) atoms. The summed E-state index contributed by atoms with van der Waals surface area (Å²) < 4.78 is 0. The summed E-state index contributed by atoms with van der Waals surface area (Å²) in [6.07, 6.45) is 6.03. The van der Waals surface area contributed by atoms with Crippen molar-refractivity contribution >= 4 is 17.3 Å². The number of nitrogens with one attached hydrogen (secondary N) is 1. The van der Waals surface area contributed by atoms with E-state index in [0.29, 0.717) is 12.3 Å². The Kier molecular flexibility index (Phi) is 3.45. The maximum atomic E-state index is 12.3. The van der Waals surface area contributed by atoms with Crippen molar-refractivity contribution in [1.82, 2.24) is 0 Å². The van der Waals surface area contributed by atoms with Crippen LogP contribution in [0.25, 0.3) is 0 Å². The highest BCUT2D eigenvalue weighted by atomic mass is 16.1. The third-order valence-corrected chi connectivity index (χ3v) is 5.15. The summed E-state index contributed by atoms with van der Waals surface area (Å²) in [6.45, 7) is 3.99. The van der Waals surface area contributed by atoms with E-state index in [2.05, 4.69) is 5.32 Å². The fourth-order valence-corrected chi connectivity index (χ4v) is 4.25. The SMILES string of the molecule is Cc1cc(N)cc(C)c1NC(=O)CC1CC2CCC1C2. The predicted molar refractivity (Wildman–Crippen MR) is 82.5 cm³/mol. The highest BCUT2D eigenvalue weighted by Crippen LogP contribution is 2.49. The molecule has 2 aliphatic carbocycles. The first-order valence-electron chi connectivity index (χ1n) is 7.69. The number of carbonyl (C=O) groups excluding carboxylic acids is 1. The molecule has 108 valence electrons. The van der Waals surface area contributed by atoms with E-state index >= 15 is 0 Å². The first kappa shape index (κ1) is 13.5. The number of hydrogen-bond donors (Lipinski definition) is 2. The summed E-state index contributed by atoms with van der Waals surface area (Å²) >= 11 is 0. The van der Waals surface area contributed by atoms with Gasteiger partial charge in [-0.25, -0.2) is 0 Å². The van der Waals surface area contributed by atoms with E-state index in [1.54, 1.807) is 0 Å². The van der Waals surface area contributed by atoms with Crippen molar-refractivity contribution in [3.8, 4) is 0 Å². The molecule has 3 atom stereocenters. The van der Waals surface area contributed by atoms with E-state index in [1.165, 1.54) is 25.7 Å². The van der Waals surface area contributed by atoms with Crippen LogP contribution in [0.1, 0.15) is 43.2 Å². The van der Waals surface area contributed by atoms with Gasteiger partial charge in [-0.1, -0.05) is 6.42 Å². The highest BCUT2D eigenvalue weighted by Gasteiger charge is 2.40. The Morgan fingerprint density at radius 1 is 1.25 bits per heavy atom. The number of amides is 1. The van der Waals surface area contributed by atoms with E-state index in [4.69, 9.17) is 5.73 Å². The minimum atomic E-state index is 0.165. The Hall–Kier alpha value is -1.51. The molecule has 3 heteroatoms. The van der Waals surface area contributed by atoms with Crippen molar-refractivity contribution < 1.29 is 4.79 Å². The van der Waals surface area contributed by atoms with E-state index in [0.717, 1.165) is 34.3 Å². The van der Waals surface area contributed by atoms with Crippen LogP contribution < -0.4 is 11.1 Å². The van der Waals surface area contributed by atoms with Gasteiger partial charge in [0, 0.05) is 17.8 Å². The first-order chi connectivity index (χ1) is 9.52. The Labute approximate surface area is 120 Å². The quantitative estimate of drug-likeness (QED) is 0.825. The van der Waals surface area contributed by atoms with E-state index in [1.807, 2.05) is 26.0 Å². The summed E-state index contributed by atoms with van der Waals surface area (Å²) in [7, 11) is 0. The zero-order chi connectivity index (χ0) is 14.3. The molecule has 2 saturated carbocycles. The molecule has 3 N–H and O–H groups in total. The number of aryl methyl sites for hydroxylation is 2. The van der Waals surface area contributed by atoms with Gasteiger partial charge in [0.05, 0.1) is 0 Å². The lowest BCUT2D eigenvalue weighted by Crippen LogP contribution is -2.21. The largest absolute Gasteiger partial charge is 0.399 e. The van der Waals surface area contributed by atoms with Crippen LogP contribution in [0.2, 0.25) is 0 Å². The smallest absolute Gasteiger partial charge is 0.224 e. The van der Waals surface area contributed by atoms with Gasteiger partial charge in [0.1, 0.15) is 0 Å². The molecule has 1 amide bonds. The summed E-state index contributed by atoms with van der Waals surface area (Å²) in [5.74, 6) is 2.49. The van der Waals surface area contributed by atoms with E-state index in [-0.39, 0.29) is 5.91 Å². The summed E-state index contributed by atoms with van der Waals surface area (Å²) in [6, 6.07) is 3.83. The molecule has 3 nitrogen and oxygen atoms in total. The number of anilines is 2. The van der Waals surface area contributed by atoms with E-state index in [9.17, 15) is 4.79 Å². The number of benzene rings is 1. The van der Waals surface area contributed by atoms with Crippen LogP contribution in [-0.4, -0.2) is 5.91 Å². The minimum Gasteiger partial charge on any atom is -0.399 e. The van der Waals surface area contributed by atoms with Gasteiger partial charge < -0.3 is 11.1 Å². The molecule has 3 rings (SSSR count). The summed E-state index contributed by atoms with van der Waals surface area (Å²) in [4.78, 5) is 12.3. The standard InChI is InChI=1S/C17H24N2O/c1-10-5-15(18)6-11(2)17(10)19-16(20)9-14-8-12-3-4-13(14)7-12/h5-6,12-14H,3-4,7-9,18H2,1-2H3,(H,19,20). The first-order valence-corrected chi connectivity index (χ1v) is 7.69. The zero-order valence-corrected chi connectivity index (χ0v) is 12.4. The molecule has 1 aromatic carbocycles. The second-order valence-electron chi connectivity index (χ2n) is 6.72. The fourth-order valence-electron chi connectivity index (χ4n) is 4.25. The predicted octanol–water partition coefficient (Wildman–Crippen LogP) is 3.65. The minimum absolute atomic E-state index is 0.165. The van der Waals surface area contributed by atoms with Gasteiger partial charge in [-0.2, -0.15) is 0 Å². The number of rotatable bonds is 3. The van der Waals surface area contributed by atoms with Crippen molar-refractivity contribution in [2.45, 2.75) is 46.0 Å². The molecule has 1 aromatic rings. The molecule has 2 fully saturated rings. The van der Waals surface area contributed by atoms with Gasteiger partial charge >= 0.3 is 0 Å². The maximum Gasteiger partial charge on any atom is 0.224 e. The van der Waals surface area contributed by atoms with Crippen LogP contribution in [-0.2, 0) is 4.79 Å². The average Bonchev–Trinajstić information content (AvgIpc) is 2.95. The van der Waals surface area contributed by atoms with Crippen LogP contribution >= 0.6 is 0 Å². The summed E-state index contributed by atoms with van der Waals surface area (Å²) in [5, 5.41) is 3.10. The Morgan fingerprint density at radius 3 is 2.50 bits per heavy atom.